The summed E-state index contributed by atoms with van der Waals surface area (Å²) in [6.07, 6.45) is 5.20. The summed E-state index contributed by atoms with van der Waals surface area (Å²) in [5, 5.41) is 3.57. The van der Waals surface area contributed by atoms with Gasteiger partial charge in [-0.3, -0.25) is 0 Å². The second-order valence-corrected chi connectivity index (χ2v) is 9.85. The molecule has 198 valence electrons. The van der Waals surface area contributed by atoms with Crippen LogP contribution in [0.5, 0.6) is 0 Å². The molecule has 0 aliphatic carbocycles. The minimum absolute atomic E-state index is 0.00380. The number of nitrogens with zero attached hydrogens (tertiary/aromatic N) is 6. The van der Waals surface area contributed by atoms with Gasteiger partial charge >= 0.3 is 6.18 Å². The normalized spacial score (nSPS) is 17.9. The number of piperazine rings is 1. The first-order valence-corrected chi connectivity index (χ1v) is 13.3. The fraction of sp³-hybridized carbons (Fsp3) is 0.654. The van der Waals surface area contributed by atoms with Crippen molar-refractivity contribution >= 4 is 23.4 Å². The first-order chi connectivity index (χ1) is 17.3. The van der Waals surface area contributed by atoms with Crippen LogP contribution in [0.4, 0.5) is 36.6 Å². The van der Waals surface area contributed by atoms with Crippen LogP contribution in [0.15, 0.2) is 24.4 Å². The number of alkyl halides is 3. The highest BCUT2D eigenvalue weighted by Crippen LogP contribution is 2.35. The predicted molar refractivity (Wildman–Crippen MR) is 139 cm³/mol. The Morgan fingerprint density at radius 2 is 1.67 bits per heavy atom. The molecule has 0 saturated carbocycles. The molecule has 0 amide bonds. The molecule has 4 heterocycles. The topological polar surface area (TPSA) is 60.4 Å². The Labute approximate surface area is 212 Å². The van der Waals surface area contributed by atoms with Crippen LogP contribution in [0, 0.1) is 0 Å². The number of halogens is 3. The van der Waals surface area contributed by atoms with Crippen LogP contribution in [0.1, 0.15) is 64.4 Å². The molecule has 36 heavy (non-hydrogen) atoms. The molecule has 1 N–H and O–H groups in total. The smallest absolute Gasteiger partial charge is 0.367 e. The van der Waals surface area contributed by atoms with E-state index in [1.807, 2.05) is 6.07 Å². The number of rotatable bonds is 9. The summed E-state index contributed by atoms with van der Waals surface area (Å²) in [6, 6.07) is 4.78. The molecule has 0 radical (unpaired) electrons. The standard InChI is InChI=1S/C26H38F3N7/c1-3-4-6-10-20(2)31-22-19-23(34-13-7-5-8-14-34)33-25(32-22)36-17-15-35(16-18-36)24-21(26(27,28)29)11-9-12-30-24/h9,11-12,19-20H,3-8,10,13-18H2,1-2H3,(H,31,32,33). The van der Waals surface area contributed by atoms with E-state index in [9.17, 15) is 13.2 Å². The maximum absolute atomic E-state index is 13.5. The van der Waals surface area contributed by atoms with Gasteiger partial charge in [-0.15, -0.1) is 0 Å². The van der Waals surface area contributed by atoms with Gasteiger partial charge < -0.3 is 20.0 Å². The van der Waals surface area contributed by atoms with E-state index < -0.39 is 11.7 Å². The van der Waals surface area contributed by atoms with Gasteiger partial charge in [0, 0.05) is 57.6 Å². The molecule has 4 rings (SSSR count). The molecule has 0 spiro atoms. The quantitative estimate of drug-likeness (QED) is 0.446. The van der Waals surface area contributed by atoms with Crippen LogP contribution < -0.4 is 20.0 Å². The van der Waals surface area contributed by atoms with Gasteiger partial charge in [-0.2, -0.15) is 23.1 Å². The van der Waals surface area contributed by atoms with Crippen molar-refractivity contribution in [2.75, 3.05) is 59.3 Å². The van der Waals surface area contributed by atoms with E-state index >= 15 is 0 Å². The highest BCUT2D eigenvalue weighted by Gasteiger charge is 2.36. The largest absolute Gasteiger partial charge is 0.419 e. The third-order valence-corrected chi connectivity index (χ3v) is 6.97. The fourth-order valence-corrected chi connectivity index (χ4v) is 4.94. The monoisotopic (exact) mass is 505 g/mol. The zero-order valence-electron chi connectivity index (χ0n) is 21.4. The number of hydrogen-bond acceptors (Lipinski definition) is 7. The molecular formula is C26H38F3N7. The first kappa shape index (κ1) is 26.3. The van der Waals surface area contributed by atoms with Crippen molar-refractivity contribution in [2.24, 2.45) is 0 Å². The summed E-state index contributed by atoms with van der Waals surface area (Å²) >= 11 is 0. The van der Waals surface area contributed by atoms with Crippen molar-refractivity contribution in [3.05, 3.63) is 30.0 Å². The van der Waals surface area contributed by atoms with Gasteiger partial charge in [0.25, 0.3) is 0 Å². The summed E-state index contributed by atoms with van der Waals surface area (Å²) < 4.78 is 40.5. The van der Waals surface area contributed by atoms with Crippen molar-refractivity contribution in [1.29, 1.82) is 0 Å². The van der Waals surface area contributed by atoms with Crippen molar-refractivity contribution < 1.29 is 13.2 Å². The zero-order chi connectivity index (χ0) is 25.5. The van der Waals surface area contributed by atoms with Crippen molar-refractivity contribution in [2.45, 2.75) is 71.0 Å². The van der Waals surface area contributed by atoms with Crippen LogP contribution in [0.3, 0.4) is 0 Å². The van der Waals surface area contributed by atoms with Crippen molar-refractivity contribution in [1.82, 2.24) is 15.0 Å². The number of unbranched alkanes of at least 4 members (excludes halogenated alkanes) is 2. The number of anilines is 4. The molecule has 1 atom stereocenters. The Hall–Kier alpha value is -2.78. The van der Waals surface area contributed by atoms with E-state index in [4.69, 9.17) is 9.97 Å². The molecule has 1 unspecified atom stereocenters. The Bertz CT molecular complexity index is 970. The van der Waals surface area contributed by atoms with Gasteiger partial charge in [-0.05, 0) is 44.7 Å². The van der Waals surface area contributed by atoms with Gasteiger partial charge in [0.1, 0.15) is 17.5 Å². The van der Waals surface area contributed by atoms with Gasteiger partial charge in [-0.25, -0.2) is 4.98 Å². The van der Waals surface area contributed by atoms with E-state index in [-0.39, 0.29) is 5.82 Å². The number of nitrogens with one attached hydrogen (secondary N) is 1. The second kappa shape index (κ2) is 12.0. The average molecular weight is 506 g/mol. The maximum Gasteiger partial charge on any atom is 0.419 e. The third kappa shape index (κ3) is 6.70. The SMILES string of the molecule is CCCCCC(C)Nc1cc(N2CCCCC2)nc(N2CCN(c3ncccc3C(F)(F)F)CC2)n1. The van der Waals surface area contributed by atoms with E-state index in [0.29, 0.717) is 38.2 Å². The number of hydrogen-bond donors (Lipinski definition) is 1. The average Bonchev–Trinajstić information content (AvgIpc) is 2.89. The summed E-state index contributed by atoms with van der Waals surface area (Å²) in [4.78, 5) is 19.9. The third-order valence-electron chi connectivity index (χ3n) is 6.97. The molecule has 10 heteroatoms. The van der Waals surface area contributed by atoms with Gasteiger partial charge in [-0.1, -0.05) is 26.2 Å². The lowest BCUT2D eigenvalue weighted by Crippen LogP contribution is -2.48. The molecule has 2 aliphatic heterocycles. The molecule has 2 saturated heterocycles. The minimum Gasteiger partial charge on any atom is -0.367 e. The number of pyridine rings is 1. The molecule has 2 aromatic rings. The fourth-order valence-electron chi connectivity index (χ4n) is 4.94. The number of piperidine rings is 1. The molecule has 7 nitrogen and oxygen atoms in total. The predicted octanol–water partition coefficient (Wildman–Crippen LogP) is 5.59. The van der Waals surface area contributed by atoms with Gasteiger partial charge in [0.2, 0.25) is 5.95 Å². The van der Waals surface area contributed by atoms with E-state index in [1.54, 1.807) is 4.90 Å². The number of aromatic nitrogens is 3. The van der Waals surface area contributed by atoms with Crippen LogP contribution in [-0.4, -0.2) is 60.3 Å². The molecule has 2 aliphatic rings. The zero-order valence-corrected chi connectivity index (χ0v) is 21.4. The molecule has 0 bridgehead atoms. The van der Waals surface area contributed by atoms with E-state index in [1.165, 1.54) is 37.9 Å². The lowest BCUT2D eigenvalue weighted by molar-refractivity contribution is -0.137. The summed E-state index contributed by atoms with van der Waals surface area (Å²) in [5.74, 6) is 2.37. The second-order valence-electron chi connectivity index (χ2n) is 9.85. The van der Waals surface area contributed by atoms with Crippen molar-refractivity contribution in [3.8, 4) is 0 Å². The highest BCUT2D eigenvalue weighted by atomic mass is 19.4. The Morgan fingerprint density at radius 1 is 0.944 bits per heavy atom. The van der Waals surface area contributed by atoms with Crippen LogP contribution in [0.2, 0.25) is 0 Å². The van der Waals surface area contributed by atoms with Gasteiger partial charge in [0.05, 0.1) is 5.56 Å². The summed E-state index contributed by atoms with van der Waals surface area (Å²) in [6.45, 7) is 8.26. The van der Waals surface area contributed by atoms with Gasteiger partial charge in [0.15, 0.2) is 0 Å². The Kier molecular flexibility index (Phi) is 8.74. The van der Waals surface area contributed by atoms with Crippen LogP contribution in [0.25, 0.3) is 0 Å². The molecule has 2 fully saturated rings. The minimum atomic E-state index is -4.43. The summed E-state index contributed by atoms with van der Waals surface area (Å²) in [7, 11) is 0. The van der Waals surface area contributed by atoms with E-state index in [0.717, 1.165) is 50.1 Å². The molecule has 0 aromatic carbocycles. The maximum atomic E-state index is 13.5. The molecular weight excluding hydrogens is 467 g/mol. The van der Waals surface area contributed by atoms with Crippen molar-refractivity contribution in [3.63, 3.8) is 0 Å². The van der Waals surface area contributed by atoms with Crippen LogP contribution in [-0.2, 0) is 6.18 Å². The lowest BCUT2D eigenvalue weighted by atomic mass is 10.1. The van der Waals surface area contributed by atoms with Crippen LogP contribution >= 0.6 is 0 Å². The first-order valence-electron chi connectivity index (χ1n) is 13.3. The lowest BCUT2D eigenvalue weighted by Gasteiger charge is -2.37. The Balaban J connectivity index is 1.50. The molecule has 2 aromatic heterocycles. The summed E-state index contributed by atoms with van der Waals surface area (Å²) in [5.41, 5.74) is -0.689. The van der Waals surface area contributed by atoms with E-state index in [2.05, 4.69) is 33.9 Å². The highest BCUT2D eigenvalue weighted by molar-refractivity contribution is 5.56. The Morgan fingerprint density at radius 3 is 2.36 bits per heavy atom.